The van der Waals surface area contributed by atoms with Gasteiger partial charge in [-0.05, 0) is 12.1 Å². The van der Waals surface area contributed by atoms with Gasteiger partial charge in [-0.25, -0.2) is 0 Å². The predicted octanol–water partition coefficient (Wildman–Crippen LogP) is 0.173. The van der Waals surface area contributed by atoms with Crippen molar-refractivity contribution < 1.29 is 14.4 Å². The highest BCUT2D eigenvalue weighted by atomic mass is 16.5. The van der Waals surface area contributed by atoms with Crippen molar-refractivity contribution in [1.29, 1.82) is 0 Å². The summed E-state index contributed by atoms with van der Waals surface area (Å²) in [5.41, 5.74) is 0.815. The zero-order valence-electron chi connectivity index (χ0n) is 10.2. The van der Waals surface area contributed by atoms with Crippen molar-refractivity contribution in [3.63, 3.8) is 0 Å². The third kappa shape index (κ3) is 3.85. The third-order valence-corrected chi connectivity index (χ3v) is 2.41. The summed E-state index contributed by atoms with van der Waals surface area (Å²) >= 11 is 0. The van der Waals surface area contributed by atoms with Gasteiger partial charge in [-0.2, -0.15) is 4.98 Å². The van der Waals surface area contributed by atoms with Crippen LogP contribution in [0.15, 0.2) is 29.0 Å². The Kier molecular flexibility index (Phi) is 4.57. The number of aromatic nitrogens is 3. The molecule has 2 heterocycles. The van der Waals surface area contributed by atoms with E-state index in [2.05, 4.69) is 20.4 Å². The molecule has 0 aliphatic rings. The molecule has 0 spiro atoms. The van der Waals surface area contributed by atoms with Crippen molar-refractivity contribution >= 4 is 5.91 Å². The number of pyridine rings is 1. The van der Waals surface area contributed by atoms with Crippen molar-refractivity contribution in [1.82, 2.24) is 20.4 Å². The second-order valence-corrected chi connectivity index (χ2v) is 3.82. The van der Waals surface area contributed by atoms with Crippen LogP contribution in [0, 0.1) is 0 Å². The first kappa shape index (κ1) is 13.2. The summed E-state index contributed by atoms with van der Waals surface area (Å²) in [6.07, 6.45) is 3.91. The van der Waals surface area contributed by atoms with Gasteiger partial charge >= 0.3 is 0 Å². The fraction of sp³-hybridized carbons (Fsp3) is 0.333. The molecule has 2 rings (SSSR count). The Bertz CT molecular complexity index is 527. The van der Waals surface area contributed by atoms with E-state index in [0.717, 1.165) is 5.56 Å². The highest BCUT2D eigenvalue weighted by Crippen LogP contribution is 2.14. The molecule has 19 heavy (non-hydrogen) atoms. The number of aliphatic hydroxyl groups is 1. The molecule has 0 aliphatic heterocycles. The largest absolute Gasteiger partial charge is 0.395 e. The van der Waals surface area contributed by atoms with E-state index >= 15 is 0 Å². The second kappa shape index (κ2) is 6.60. The van der Waals surface area contributed by atoms with Gasteiger partial charge in [0.2, 0.25) is 17.6 Å². The molecule has 0 unspecified atom stereocenters. The smallest absolute Gasteiger partial charge is 0.227 e. The Morgan fingerprint density at radius 1 is 1.37 bits per heavy atom. The molecule has 0 atom stereocenters. The van der Waals surface area contributed by atoms with Crippen LogP contribution in [-0.4, -0.2) is 39.3 Å². The Morgan fingerprint density at radius 2 is 2.16 bits per heavy atom. The van der Waals surface area contributed by atoms with Crippen molar-refractivity contribution in [2.24, 2.45) is 0 Å². The first-order chi connectivity index (χ1) is 9.29. The maximum atomic E-state index is 11.3. The molecule has 0 saturated carbocycles. The Balaban J connectivity index is 1.90. The SMILES string of the molecule is O=C(CCc1nc(-c2ccncc2)no1)NCCO. The number of amides is 1. The fourth-order valence-corrected chi connectivity index (χ4v) is 1.48. The second-order valence-electron chi connectivity index (χ2n) is 3.82. The van der Waals surface area contributed by atoms with E-state index < -0.39 is 0 Å². The quantitative estimate of drug-likeness (QED) is 0.769. The monoisotopic (exact) mass is 262 g/mol. The van der Waals surface area contributed by atoms with Gasteiger partial charge in [0.15, 0.2) is 0 Å². The summed E-state index contributed by atoms with van der Waals surface area (Å²) in [7, 11) is 0. The first-order valence-electron chi connectivity index (χ1n) is 5.90. The van der Waals surface area contributed by atoms with Crippen LogP contribution in [0.2, 0.25) is 0 Å². The molecule has 2 N–H and O–H groups in total. The van der Waals surface area contributed by atoms with Gasteiger partial charge in [-0.3, -0.25) is 9.78 Å². The molecule has 2 aromatic heterocycles. The van der Waals surface area contributed by atoms with Crippen LogP contribution in [0.3, 0.4) is 0 Å². The molecule has 100 valence electrons. The number of rotatable bonds is 6. The van der Waals surface area contributed by atoms with Crippen molar-refractivity contribution in [2.75, 3.05) is 13.2 Å². The summed E-state index contributed by atoms with van der Waals surface area (Å²) in [5, 5.41) is 15.0. The normalized spacial score (nSPS) is 10.4. The number of hydrogen-bond donors (Lipinski definition) is 2. The van der Waals surface area contributed by atoms with E-state index in [1.54, 1.807) is 24.5 Å². The summed E-state index contributed by atoms with van der Waals surface area (Å²) in [6.45, 7) is 0.184. The molecule has 0 fully saturated rings. The van der Waals surface area contributed by atoms with Crippen molar-refractivity contribution in [3.05, 3.63) is 30.4 Å². The molecule has 0 bridgehead atoms. The number of hydrogen-bond acceptors (Lipinski definition) is 6. The van der Waals surface area contributed by atoms with Gasteiger partial charge < -0.3 is 14.9 Å². The lowest BCUT2D eigenvalue weighted by Gasteiger charge is -1.99. The standard InChI is InChI=1S/C12H14N4O3/c17-8-7-14-10(18)1-2-11-15-12(16-19-11)9-3-5-13-6-4-9/h3-6,17H,1-2,7-8H2,(H,14,18). The van der Waals surface area contributed by atoms with E-state index in [1.165, 1.54) is 0 Å². The Labute approximate surface area is 109 Å². The van der Waals surface area contributed by atoms with Crippen LogP contribution in [0.1, 0.15) is 12.3 Å². The number of carbonyl (C=O) groups excluding carboxylic acids is 1. The van der Waals surface area contributed by atoms with Gasteiger partial charge in [-0.1, -0.05) is 5.16 Å². The van der Waals surface area contributed by atoms with E-state index in [4.69, 9.17) is 9.63 Å². The van der Waals surface area contributed by atoms with Gasteiger partial charge in [0.25, 0.3) is 0 Å². The molecule has 7 heteroatoms. The van der Waals surface area contributed by atoms with Crippen LogP contribution in [0.5, 0.6) is 0 Å². The Morgan fingerprint density at radius 3 is 2.89 bits per heavy atom. The van der Waals surface area contributed by atoms with E-state index in [9.17, 15) is 4.79 Å². The molecule has 2 aromatic rings. The number of aryl methyl sites for hydroxylation is 1. The minimum absolute atomic E-state index is 0.0709. The summed E-state index contributed by atoms with van der Waals surface area (Å²) in [4.78, 5) is 19.4. The molecule has 0 radical (unpaired) electrons. The van der Waals surface area contributed by atoms with E-state index in [1.807, 2.05) is 0 Å². The lowest BCUT2D eigenvalue weighted by molar-refractivity contribution is -0.121. The number of aliphatic hydroxyl groups excluding tert-OH is 1. The molecule has 0 aromatic carbocycles. The minimum Gasteiger partial charge on any atom is -0.395 e. The van der Waals surface area contributed by atoms with Crippen LogP contribution in [0.4, 0.5) is 0 Å². The van der Waals surface area contributed by atoms with Gasteiger partial charge in [0.05, 0.1) is 6.61 Å². The van der Waals surface area contributed by atoms with Crippen LogP contribution in [0.25, 0.3) is 11.4 Å². The summed E-state index contributed by atoms with van der Waals surface area (Å²) < 4.78 is 5.06. The topological polar surface area (TPSA) is 101 Å². The van der Waals surface area contributed by atoms with Crippen molar-refractivity contribution in [2.45, 2.75) is 12.8 Å². The molecular formula is C12H14N4O3. The molecule has 0 aliphatic carbocycles. The predicted molar refractivity (Wildman–Crippen MR) is 65.9 cm³/mol. The average molecular weight is 262 g/mol. The van der Waals surface area contributed by atoms with Gasteiger partial charge in [0, 0.05) is 37.3 Å². The zero-order chi connectivity index (χ0) is 13.5. The maximum absolute atomic E-state index is 11.3. The molecule has 0 saturated heterocycles. The maximum Gasteiger partial charge on any atom is 0.227 e. The number of nitrogens with one attached hydrogen (secondary N) is 1. The van der Waals surface area contributed by atoms with Gasteiger partial charge in [0.1, 0.15) is 0 Å². The average Bonchev–Trinajstić information content (AvgIpc) is 2.93. The van der Waals surface area contributed by atoms with Crippen molar-refractivity contribution in [3.8, 4) is 11.4 Å². The lowest BCUT2D eigenvalue weighted by Crippen LogP contribution is -2.26. The van der Waals surface area contributed by atoms with Crippen LogP contribution >= 0.6 is 0 Å². The molecular weight excluding hydrogens is 248 g/mol. The molecule has 1 amide bonds. The summed E-state index contributed by atoms with van der Waals surface area (Å²) in [5.74, 6) is 0.733. The van der Waals surface area contributed by atoms with Crippen LogP contribution in [-0.2, 0) is 11.2 Å². The third-order valence-electron chi connectivity index (χ3n) is 2.41. The van der Waals surface area contributed by atoms with E-state index in [-0.39, 0.29) is 25.5 Å². The molecule has 7 nitrogen and oxygen atoms in total. The highest BCUT2D eigenvalue weighted by Gasteiger charge is 2.10. The van der Waals surface area contributed by atoms with E-state index in [0.29, 0.717) is 18.1 Å². The zero-order valence-corrected chi connectivity index (χ0v) is 10.2. The number of carbonyl (C=O) groups is 1. The first-order valence-corrected chi connectivity index (χ1v) is 5.90. The Hall–Kier alpha value is -2.28. The summed E-state index contributed by atoms with van der Waals surface area (Å²) in [6, 6.07) is 3.56. The fourth-order valence-electron chi connectivity index (χ4n) is 1.48. The lowest BCUT2D eigenvalue weighted by atomic mass is 10.2. The van der Waals surface area contributed by atoms with Gasteiger partial charge in [-0.15, -0.1) is 0 Å². The highest BCUT2D eigenvalue weighted by molar-refractivity contribution is 5.75. The minimum atomic E-state index is -0.155. The van der Waals surface area contributed by atoms with Crippen LogP contribution < -0.4 is 5.32 Å². The number of nitrogens with zero attached hydrogens (tertiary/aromatic N) is 3.